The van der Waals surface area contributed by atoms with E-state index in [2.05, 4.69) is 10.3 Å². The summed E-state index contributed by atoms with van der Waals surface area (Å²) in [6, 6.07) is 10.7. The van der Waals surface area contributed by atoms with E-state index in [0.29, 0.717) is 0 Å². The zero-order valence-electron chi connectivity index (χ0n) is 16.3. The molecule has 0 unspecified atom stereocenters. The van der Waals surface area contributed by atoms with Crippen molar-refractivity contribution in [2.45, 2.75) is 19.3 Å². The average Bonchev–Trinajstić information content (AvgIpc) is 3.27. The Morgan fingerprint density at radius 3 is 2.59 bits per heavy atom. The van der Waals surface area contributed by atoms with Gasteiger partial charge in [-0.15, -0.1) is 11.3 Å². The fourth-order valence-corrected chi connectivity index (χ4v) is 3.90. The number of pyridine rings is 1. The quantitative estimate of drug-likeness (QED) is 0.495. The molecule has 32 heavy (non-hydrogen) atoms. The second-order valence-corrected chi connectivity index (χ2v) is 7.87. The van der Waals surface area contributed by atoms with Gasteiger partial charge in [0.2, 0.25) is 5.91 Å². The van der Waals surface area contributed by atoms with Crippen LogP contribution in [0.5, 0.6) is 0 Å². The van der Waals surface area contributed by atoms with Gasteiger partial charge in [-0.2, -0.15) is 13.2 Å². The molecule has 0 radical (unpaired) electrons. The lowest BCUT2D eigenvalue weighted by molar-refractivity contribution is -0.137. The van der Waals surface area contributed by atoms with E-state index in [1.807, 2.05) is 0 Å². The number of rotatable bonds is 5. The van der Waals surface area contributed by atoms with E-state index < -0.39 is 35.4 Å². The number of anilines is 1. The number of alkyl halides is 3. The summed E-state index contributed by atoms with van der Waals surface area (Å²) in [5.74, 6) is -0.724. The van der Waals surface area contributed by atoms with Gasteiger partial charge in [0.15, 0.2) is 5.52 Å². The fourth-order valence-electron chi connectivity index (χ4n) is 3.21. The molecule has 0 fully saturated rings. The van der Waals surface area contributed by atoms with E-state index in [4.69, 9.17) is 0 Å². The Kier molecular flexibility index (Phi) is 5.66. The smallest absolute Gasteiger partial charge is 0.325 e. The van der Waals surface area contributed by atoms with Crippen LogP contribution in [-0.4, -0.2) is 20.0 Å². The predicted octanol–water partition coefficient (Wildman–Crippen LogP) is 3.33. The third-order valence-corrected chi connectivity index (χ3v) is 5.52. The van der Waals surface area contributed by atoms with Gasteiger partial charge in [0.05, 0.1) is 17.6 Å². The molecule has 0 atom stereocenters. The predicted molar refractivity (Wildman–Crippen MR) is 114 cm³/mol. The normalized spacial score (nSPS) is 11.6. The van der Waals surface area contributed by atoms with Gasteiger partial charge < -0.3 is 5.32 Å². The fraction of sp³-hybridized carbons (Fsp3) is 0.143. The molecule has 0 aliphatic heterocycles. The van der Waals surface area contributed by atoms with Gasteiger partial charge in [0.25, 0.3) is 5.56 Å². The summed E-state index contributed by atoms with van der Waals surface area (Å²) in [6.45, 7) is -0.501. The molecule has 4 rings (SSSR count). The van der Waals surface area contributed by atoms with E-state index in [1.54, 1.807) is 17.5 Å². The number of halogens is 3. The van der Waals surface area contributed by atoms with Crippen LogP contribution in [0.25, 0.3) is 11.0 Å². The number of aromatic nitrogens is 3. The van der Waals surface area contributed by atoms with Crippen LogP contribution in [0, 0.1) is 0 Å². The zero-order valence-corrected chi connectivity index (χ0v) is 17.1. The van der Waals surface area contributed by atoms with Crippen molar-refractivity contribution < 1.29 is 18.0 Å². The molecule has 0 spiro atoms. The highest BCUT2D eigenvalue weighted by atomic mass is 32.1. The maximum Gasteiger partial charge on any atom is 0.416 e. The van der Waals surface area contributed by atoms with Crippen molar-refractivity contribution in [2.24, 2.45) is 0 Å². The molecule has 0 bridgehead atoms. The van der Waals surface area contributed by atoms with Gasteiger partial charge in [-0.25, -0.2) is 9.78 Å². The number of nitrogens with zero attached hydrogens (tertiary/aromatic N) is 3. The van der Waals surface area contributed by atoms with Crippen molar-refractivity contribution in [3.63, 3.8) is 0 Å². The Labute approximate surface area is 182 Å². The number of carbonyl (C=O) groups excluding carboxylic acids is 1. The highest BCUT2D eigenvalue weighted by Gasteiger charge is 2.30. The SMILES string of the molecule is O=C(Cn1c(=O)n(Cc2cccs2)c(=O)c2ncccc21)Nc1cccc(C(F)(F)F)c1. The van der Waals surface area contributed by atoms with Crippen LogP contribution in [-0.2, 0) is 24.1 Å². The number of hydrogen-bond donors (Lipinski definition) is 1. The molecule has 7 nitrogen and oxygen atoms in total. The highest BCUT2D eigenvalue weighted by Crippen LogP contribution is 2.30. The Morgan fingerprint density at radius 1 is 1.06 bits per heavy atom. The van der Waals surface area contributed by atoms with Crippen LogP contribution in [0.15, 0.2) is 69.7 Å². The van der Waals surface area contributed by atoms with Crippen molar-refractivity contribution in [3.8, 4) is 0 Å². The Balaban J connectivity index is 1.70. The number of hydrogen-bond acceptors (Lipinski definition) is 5. The molecule has 0 saturated heterocycles. The first-order valence-corrected chi connectivity index (χ1v) is 10.2. The van der Waals surface area contributed by atoms with Crippen LogP contribution < -0.4 is 16.6 Å². The van der Waals surface area contributed by atoms with Crippen LogP contribution in [0.4, 0.5) is 18.9 Å². The second-order valence-electron chi connectivity index (χ2n) is 6.84. The maximum absolute atomic E-state index is 13.1. The molecule has 0 saturated carbocycles. The minimum absolute atomic E-state index is 0.00975. The maximum atomic E-state index is 13.1. The number of thiophene rings is 1. The average molecular weight is 460 g/mol. The summed E-state index contributed by atoms with van der Waals surface area (Å²) < 4.78 is 40.8. The topological polar surface area (TPSA) is 86.0 Å². The largest absolute Gasteiger partial charge is 0.416 e. The molecular formula is C21H15F3N4O3S. The highest BCUT2D eigenvalue weighted by molar-refractivity contribution is 7.09. The molecule has 1 amide bonds. The summed E-state index contributed by atoms with van der Waals surface area (Å²) in [4.78, 5) is 43.3. The van der Waals surface area contributed by atoms with Gasteiger partial charge in [-0.05, 0) is 41.8 Å². The lowest BCUT2D eigenvalue weighted by Gasteiger charge is -2.14. The van der Waals surface area contributed by atoms with Crippen molar-refractivity contribution in [1.29, 1.82) is 0 Å². The van der Waals surface area contributed by atoms with E-state index in [0.717, 1.165) is 26.1 Å². The van der Waals surface area contributed by atoms with Crippen molar-refractivity contribution in [2.75, 3.05) is 5.32 Å². The summed E-state index contributed by atoms with van der Waals surface area (Å²) in [6.07, 6.45) is -3.16. The number of fused-ring (bicyclic) bond motifs is 1. The number of benzene rings is 1. The van der Waals surface area contributed by atoms with Crippen LogP contribution >= 0.6 is 11.3 Å². The van der Waals surface area contributed by atoms with Crippen LogP contribution in [0.1, 0.15) is 10.4 Å². The summed E-state index contributed by atoms with van der Waals surface area (Å²) in [7, 11) is 0. The minimum atomic E-state index is -4.56. The standard InChI is InChI=1S/C21H15F3N4O3S/c22-21(23,24)13-4-1-5-14(10-13)26-17(29)12-27-16-7-2-8-25-18(16)19(30)28(20(27)31)11-15-6-3-9-32-15/h1-10H,11-12H2,(H,26,29). The van der Waals surface area contributed by atoms with E-state index in [1.165, 1.54) is 41.8 Å². The van der Waals surface area contributed by atoms with Crippen LogP contribution in [0.3, 0.4) is 0 Å². The second kappa shape index (κ2) is 8.42. The van der Waals surface area contributed by atoms with E-state index in [-0.39, 0.29) is 23.3 Å². The van der Waals surface area contributed by atoms with Crippen molar-refractivity contribution >= 4 is 34.0 Å². The summed E-state index contributed by atoms with van der Waals surface area (Å²) in [5.41, 5.74) is -2.12. The lowest BCUT2D eigenvalue weighted by Crippen LogP contribution is -2.42. The molecule has 11 heteroatoms. The first kappa shape index (κ1) is 21.5. The molecule has 4 aromatic rings. The molecule has 164 valence electrons. The minimum Gasteiger partial charge on any atom is -0.325 e. The number of amides is 1. The first-order valence-electron chi connectivity index (χ1n) is 9.32. The van der Waals surface area contributed by atoms with E-state index in [9.17, 15) is 27.6 Å². The van der Waals surface area contributed by atoms with Gasteiger partial charge >= 0.3 is 11.9 Å². The molecule has 0 aliphatic rings. The van der Waals surface area contributed by atoms with Crippen molar-refractivity contribution in [1.82, 2.24) is 14.1 Å². The third-order valence-electron chi connectivity index (χ3n) is 4.66. The van der Waals surface area contributed by atoms with Gasteiger partial charge in [0.1, 0.15) is 6.54 Å². The Hall–Kier alpha value is -3.73. The summed E-state index contributed by atoms with van der Waals surface area (Å²) >= 11 is 1.37. The molecular weight excluding hydrogens is 445 g/mol. The molecule has 1 aromatic carbocycles. The first-order chi connectivity index (χ1) is 15.2. The third kappa shape index (κ3) is 4.33. The van der Waals surface area contributed by atoms with E-state index >= 15 is 0 Å². The molecule has 3 aromatic heterocycles. The molecule has 3 heterocycles. The van der Waals surface area contributed by atoms with Gasteiger partial charge in [-0.3, -0.25) is 18.7 Å². The Morgan fingerprint density at radius 2 is 1.88 bits per heavy atom. The van der Waals surface area contributed by atoms with Crippen LogP contribution in [0.2, 0.25) is 0 Å². The molecule has 1 N–H and O–H groups in total. The zero-order chi connectivity index (χ0) is 22.9. The van der Waals surface area contributed by atoms with Crippen molar-refractivity contribution in [3.05, 3.63) is 91.4 Å². The van der Waals surface area contributed by atoms with Gasteiger partial charge in [-0.1, -0.05) is 12.1 Å². The number of carbonyl (C=O) groups is 1. The lowest BCUT2D eigenvalue weighted by atomic mass is 10.2. The molecule has 0 aliphatic carbocycles. The van der Waals surface area contributed by atoms with Gasteiger partial charge in [0, 0.05) is 16.8 Å². The Bertz CT molecular complexity index is 1410. The number of nitrogens with one attached hydrogen (secondary N) is 1. The monoisotopic (exact) mass is 460 g/mol. The summed E-state index contributed by atoms with van der Waals surface area (Å²) in [5, 5.41) is 4.18.